The zero-order valence-corrected chi connectivity index (χ0v) is 19.2. The Bertz CT molecular complexity index is 581. The highest BCUT2D eigenvalue weighted by Gasteiger charge is 2.04. The first-order valence-electron chi connectivity index (χ1n) is 12.2. The summed E-state index contributed by atoms with van der Waals surface area (Å²) in [6.45, 7) is 2.28. The number of rotatable bonds is 19. The van der Waals surface area contributed by atoms with Crippen LogP contribution in [0.2, 0.25) is 0 Å². The molecule has 4 nitrogen and oxygen atoms in total. The number of hydrazone groups is 1. The van der Waals surface area contributed by atoms with Crippen LogP contribution < -0.4 is 10.9 Å². The van der Waals surface area contributed by atoms with Gasteiger partial charge in [-0.1, -0.05) is 115 Å². The lowest BCUT2D eigenvalue weighted by Crippen LogP contribution is -2.23. The third kappa shape index (κ3) is 13.4. The summed E-state index contributed by atoms with van der Waals surface area (Å²) >= 11 is 0. The molecule has 0 amide bonds. The van der Waals surface area contributed by atoms with Crippen LogP contribution in [-0.2, 0) is 11.2 Å². The van der Waals surface area contributed by atoms with Crippen LogP contribution >= 0.6 is 0 Å². The predicted molar refractivity (Wildman–Crippen MR) is 125 cm³/mol. The van der Waals surface area contributed by atoms with Gasteiger partial charge in [0.1, 0.15) is 0 Å². The highest BCUT2D eigenvalue weighted by Crippen LogP contribution is 2.15. The van der Waals surface area contributed by atoms with Gasteiger partial charge in [0.25, 0.3) is 0 Å². The average Bonchev–Trinajstić information content (AvgIpc) is 2.75. The first kappa shape index (κ1) is 26.2. The minimum Gasteiger partial charge on any atom is -0.550 e. The lowest BCUT2D eigenvalue weighted by atomic mass is 10.0. The van der Waals surface area contributed by atoms with Crippen molar-refractivity contribution in [3.05, 3.63) is 35.4 Å². The molecule has 0 bridgehead atoms. The van der Waals surface area contributed by atoms with Crippen molar-refractivity contribution >= 4 is 11.7 Å². The summed E-state index contributed by atoms with van der Waals surface area (Å²) in [6, 6.07) is 8.17. The quantitative estimate of drug-likeness (QED) is 0.132. The van der Waals surface area contributed by atoms with Crippen molar-refractivity contribution in [2.24, 2.45) is 10.9 Å². The van der Waals surface area contributed by atoms with Gasteiger partial charge in [-0.3, -0.25) is 0 Å². The van der Waals surface area contributed by atoms with Crippen LogP contribution in [0.1, 0.15) is 121 Å². The van der Waals surface area contributed by atoms with Crippen molar-refractivity contribution in [3.8, 4) is 0 Å². The number of aliphatic carboxylic acids is 1. The van der Waals surface area contributed by atoms with Crippen LogP contribution in [0.15, 0.2) is 29.4 Å². The van der Waals surface area contributed by atoms with E-state index in [2.05, 4.69) is 24.2 Å². The Labute approximate surface area is 184 Å². The monoisotopic (exact) mass is 415 g/mol. The minimum absolute atomic E-state index is 0.0587. The molecule has 0 radical (unpaired) electrons. The van der Waals surface area contributed by atoms with E-state index in [4.69, 9.17) is 5.84 Å². The lowest BCUT2D eigenvalue weighted by molar-refractivity contribution is -0.305. The number of nitrogens with two attached hydrogens (primary N) is 1. The Morgan fingerprint density at radius 2 is 1.23 bits per heavy atom. The van der Waals surface area contributed by atoms with Crippen molar-refractivity contribution in [2.45, 2.75) is 116 Å². The average molecular weight is 416 g/mol. The van der Waals surface area contributed by atoms with Crippen LogP contribution in [0.3, 0.4) is 0 Å². The Morgan fingerprint density at radius 1 is 0.767 bits per heavy atom. The standard InChI is InChI=1S/C26H44N2O2/c1-2-3-4-5-6-7-8-9-10-11-12-13-14-15-16-23-17-19-24(20-18-23)25(28-27)21-22-26(29)30/h17-20H,2-16,21-22,27H2,1H3,(H,29,30)/p-1. The van der Waals surface area contributed by atoms with Gasteiger partial charge in [-0.25, -0.2) is 0 Å². The summed E-state index contributed by atoms with van der Waals surface area (Å²) in [4.78, 5) is 10.6. The second kappa shape index (κ2) is 18.0. The fourth-order valence-electron chi connectivity index (χ4n) is 3.89. The summed E-state index contributed by atoms with van der Waals surface area (Å²) < 4.78 is 0. The van der Waals surface area contributed by atoms with Crippen molar-refractivity contribution in [1.29, 1.82) is 0 Å². The molecule has 0 saturated heterocycles. The summed E-state index contributed by atoms with van der Waals surface area (Å²) in [5.74, 6) is 4.32. The largest absolute Gasteiger partial charge is 0.550 e. The molecule has 0 aliphatic carbocycles. The van der Waals surface area contributed by atoms with E-state index in [0.717, 1.165) is 12.0 Å². The van der Waals surface area contributed by atoms with Gasteiger partial charge in [0.05, 0.1) is 5.71 Å². The highest BCUT2D eigenvalue weighted by molar-refractivity contribution is 6.01. The molecule has 0 aromatic heterocycles. The molecule has 1 aromatic rings. The number of carboxylic acid groups (broad SMARTS) is 1. The number of nitrogens with zero attached hydrogens (tertiary/aromatic N) is 1. The fourth-order valence-corrected chi connectivity index (χ4v) is 3.89. The zero-order chi connectivity index (χ0) is 21.9. The van der Waals surface area contributed by atoms with Gasteiger partial charge >= 0.3 is 0 Å². The number of hydrogen-bond donors (Lipinski definition) is 1. The van der Waals surface area contributed by atoms with Crippen LogP contribution in [0.4, 0.5) is 0 Å². The van der Waals surface area contributed by atoms with Crippen LogP contribution in [0.5, 0.6) is 0 Å². The van der Waals surface area contributed by atoms with Gasteiger partial charge < -0.3 is 15.7 Å². The van der Waals surface area contributed by atoms with E-state index in [0.29, 0.717) is 12.1 Å². The Balaban J connectivity index is 2.02. The summed E-state index contributed by atoms with van der Waals surface area (Å²) in [5.41, 5.74) is 2.82. The SMILES string of the molecule is CCCCCCCCCCCCCCCCc1ccc(C(CCC(=O)[O-])=NN)cc1. The van der Waals surface area contributed by atoms with E-state index in [1.54, 1.807) is 0 Å². The molecule has 1 rings (SSSR count). The molecular formula is C26H43N2O2-. The Kier molecular flexibility index (Phi) is 15.7. The van der Waals surface area contributed by atoms with Crippen molar-refractivity contribution in [3.63, 3.8) is 0 Å². The van der Waals surface area contributed by atoms with E-state index >= 15 is 0 Å². The second-order valence-electron chi connectivity index (χ2n) is 8.49. The van der Waals surface area contributed by atoms with Crippen LogP contribution in [0, 0.1) is 0 Å². The molecule has 30 heavy (non-hydrogen) atoms. The molecule has 4 heteroatoms. The molecule has 2 N–H and O–H groups in total. The molecule has 0 atom stereocenters. The fraction of sp³-hybridized carbons (Fsp3) is 0.692. The Morgan fingerprint density at radius 3 is 1.67 bits per heavy atom. The van der Waals surface area contributed by atoms with E-state index in [-0.39, 0.29) is 6.42 Å². The molecule has 0 heterocycles. The van der Waals surface area contributed by atoms with Crippen LogP contribution in [-0.4, -0.2) is 11.7 Å². The number of carbonyl (C=O) groups excluding carboxylic acids is 1. The molecule has 170 valence electrons. The summed E-state index contributed by atoms with van der Waals surface area (Å²) in [6.07, 6.45) is 20.6. The number of carboxylic acids is 1. The molecule has 1 aromatic carbocycles. The van der Waals surface area contributed by atoms with Gasteiger partial charge in [-0.15, -0.1) is 0 Å². The molecule has 0 spiro atoms. The van der Waals surface area contributed by atoms with Crippen molar-refractivity contribution < 1.29 is 9.90 Å². The topological polar surface area (TPSA) is 78.5 Å². The first-order valence-corrected chi connectivity index (χ1v) is 12.2. The second-order valence-corrected chi connectivity index (χ2v) is 8.49. The van der Waals surface area contributed by atoms with E-state index in [9.17, 15) is 9.90 Å². The highest BCUT2D eigenvalue weighted by atomic mass is 16.4. The smallest absolute Gasteiger partial charge is 0.0676 e. The summed E-state index contributed by atoms with van der Waals surface area (Å²) in [5, 5.41) is 14.3. The molecular weight excluding hydrogens is 372 g/mol. The molecule has 0 unspecified atom stereocenters. The molecule has 0 aliphatic rings. The van der Waals surface area contributed by atoms with Gasteiger partial charge in [-0.05, 0) is 36.8 Å². The van der Waals surface area contributed by atoms with Crippen molar-refractivity contribution in [1.82, 2.24) is 0 Å². The zero-order valence-electron chi connectivity index (χ0n) is 19.2. The van der Waals surface area contributed by atoms with E-state index < -0.39 is 5.97 Å². The minimum atomic E-state index is -1.08. The predicted octanol–water partition coefficient (Wildman–Crippen LogP) is 5.90. The van der Waals surface area contributed by atoms with E-state index in [1.807, 2.05) is 12.1 Å². The third-order valence-electron chi connectivity index (χ3n) is 5.83. The molecule has 0 aliphatic heterocycles. The summed E-state index contributed by atoms with van der Waals surface area (Å²) in [7, 11) is 0. The Hall–Kier alpha value is -1.84. The number of aryl methyl sites for hydroxylation is 1. The number of carbonyl (C=O) groups is 1. The maximum absolute atomic E-state index is 10.6. The molecule has 0 fully saturated rings. The van der Waals surface area contributed by atoms with Crippen molar-refractivity contribution in [2.75, 3.05) is 0 Å². The van der Waals surface area contributed by atoms with Crippen LogP contribution in [0.25, 0.3) is 0 Å². The van der Waals surface area contributed by atoms with Gasteiger partial charge in [0.2, 0.25) is 0 Å². The van der Waals surface area contributed by atoms with Gasteiger partial charge in [-0.2, -0.15) is 5.10 Å². The third-order valence-corrected chi connectivity index (χ3v) is 5.83. The number of benzene rings is 1. The first-order chi connectivity index (χ1) is 14.7. The van der Waals surface area contributed by atoms with Gasteiger partial charge in [0.15, 0.2) is 0 Å². The number of hydrogen-bond acceptors (Lipinski definition) is 4. The molecule has 0 saturated carbocycles. The lowest BCUT2D eigenvalue weighted by Gasteiger charge is -2.08. The maximum Gasteiger partial charge on any atom is 0.0676 e. The maximum atomic E-state index is 10.6. The van der Waals surface area contributed by atoms with Gasteiger partial charge in [0, 0.05) is 5.97 Å². The number of unbranched alkanes of at least 4 members (excludes halogenated alkanes) is 13. The van der Waals surface area contributed by atoms with E-state index in [1.165, 1.54) is 95.5 Å². The normalized spacial score (nSPS) is 11.7.